The van der Waals surface area contributed by atoms with Crippen molar-refractivity contribution in [2.75, 3.05) is 26.2 Å². The Labute approximate surface area is 239 Å². The maximum atomic E-state index is 13.2. The van der Waals surface area contributed by atoms with Crippen LogP contribution < -0.4 is 21.7 Å². The Bertz CT molecular complexity index is 1260. The van der Waals surface area contributed by atoms with Gasteiger partial charge in [0.25, 0.3) is 0 Å². The van der Waals surface area contributed by atoms with Crippen LogP contribution in [-0.4, -0.2) is 120 Å². The fourth-order valence-electron chi connectivity index (χ4n) is 6.23. The number of β-lactam (4-membered cyclic amide) rings is 1. The van der Waals surface area contributed by atoms with Gasteiger partial charge in [-0.25, -0.2) is 9.48 Å². The van der Waals surface area contributed by atoms with Crippen LogP contribution in [0, 0.1) is 11.8 Å². The molecule has 3 fully saturated rings. The average molecular weight is 591 g/mol. The van der Waals surface area contributed by atoms with Gasteiger partial charge in [0.05, 0.1) is 24.5 Å². The molecular weight excluding hydrogens is 556 g/mol. The summed E-state index contributed by atoms with van der Waals surface area (Å²) in [6, 6.07) is -1.45. The number of tetrazole rings is 1. The predicted molar refractivity (Wildman–Crippen MR) is 143 cm³/mol. The number of nitrogens with one attached hydrogen (secondary N) is 3. The lowest BCUT2D eigenvalue weighted by molar-refractivity contribution is -0.158. The van der Waals surface area contributed by atoms with E-state index in [0.29, 0.717) is 37.4 Å². The number of fused-ring (bicyclic) bond motifs is 1. The molecule has 0 spiro atoms. The van der Waals surface area contributed by atoms with E-state index in [1.54, 1.807) is 11.8 Å². The second-order valence-electron chi connectivity index (χ2n) is 10.9. The Morgan fingerprint density at radius 1 is 1.29 bits per heavy atom. The highest BCUT2D eigenvalue weighted by molar-refractivity contribution is 8.03. The number of carbonyl (C=O) groups is 5. The number of carbonyl (C=O) groups excluding carboxylic acids is 4. The van der Waals surface area contributed by atoms with Gasteiger partial charge in [0, 0.05) is 47.8 Å². The largest absolute Gasteiger partial charge is 0.477 e. The molecule has 0 aliphatic carbocycles. The van der Waals surface area contributed by atoms with Gasteiger partial charge in [-0.05, 0) is 30.2 Å². The van der Waals surface area contributed by atoms with Gasteiger partial charge in [0.1, 0.15) is 18.6 Å². The van der Waals surface area contributed by atoms with Crippen molar-refractivity contribution >= 4 is 41.4 Å². The summed E-state index contributed by atoms with van der Waals surface area (Å²) in [6.45, 7) is 4.91. The minimum atomic E-state index is -1.18. The molecule has 17 heteroatoms. The smallest absolute Gasteiger partial charge is 0.353 e. The first-order valence-electron chi connectivity index (χ1n) is 13.6. The van der Waals surface area contributed by atoms with E-state index < -0.39 is 30.0 Å². The number of rotatable bonds is 10. The first kappa shape index (κ1) is 28.9. The van der Waals surface area contributed by atoms with Crippen molar-refractivity contribution in [3.63, 3.8) is 0 Å². The molecule has 7 atom stereocenters. The summed E-state index contributed by atoms with van der Waals surface area (Å²) in [7, 11) is 0. The molecule has 5 rings (SSSR count). The lowest BCUT2D eigenvalue weighted by Gasteiger charge is -2.47. The minimum Gasteiger partial charge on any atom is -0.477 e. The van der Waals surface area contributed by atoms with E-state index in [4.69, 9.17) is 5.73 Å². The topological polar surface area (TPSA) is 218 Å². The van der Waals surface area contributed by atoms with Crippen LogP contribution in [0.4, 0.5) is 0 Å². The molecule has 4 aliphatic heterocycles. The van der Waals surface area contributed by atoms with Crippen molar-refractivity contribution in [3.8, 4) is 0 Å². The number of likely N-dealkylation sites (tertiary alicyclic amines) is 1. The lowest BCUT2D eigenvalue weighted by atomic mass is 9.78. The highest BCUT2D eigenvalue weighted by atomic mass is 32.2. The van der Waals surface area contributed by atoms with Gasteiger partial charge in [-0.2, -0.15) is 0 Å². The third-order valence-corrected chi connectivity index (χ3v) is 9.66. The van der Waals surface area contributed by atoms with Crippen molar-refractivity contribution in [2.45, 2.75) is 62.7 Å². The molecule has 0 radical (unpaired) electrons. The van der Waals surface area contributed by atoms with Gasteiger partial charge < -0.3 is 36.6 Å². The number of nitrogens with zero attached hydrogens (tertiary/aromatic N) is 6. The summed E-state index contributed by atoms with van der Waals surface area (Å²) in [6.07, 6.45) is 2.49. The van der Waals surface area contributed by atoms with E-state index in [1.165, 1.54) is 27.7 Å². The van der Waals surface area contributed by atoms with Crippen molar-refractivity contribution in [1.82, 2.24) is 46.0 Å². The van der Waals surface area contributed by atoms with Crippen LogP contribution in [-0.2, 0) is 30.5 Å². The van der Waals surface area contributed by atoms with E-state index >= 15 is 0 Å². The molecule has 4 amide bonds. The predicted octanol–water partition coefficient (Wildman–Crippen LogP) is -2.91. The quantitative estimate of drug-likeness (QED) is 0.173. The number of aliphatic carboxylic acids is 1. The van der Waals surface area contributed by atoms with Crippen molar-refractivity contribution in [2.24, 2.45) is 17.6 Å². The first-order valence-corrected chi connectivity index (χ1v) is 14.5. The van der Waals surface area contributed by atoms with Gasteiger partial charge >= 0.3 is 5.97 Å². The van der Waals surface area contributed by atoms with Gasteiger partial charge in [-0.3, -0.25) is 19.2 Å². The molecule has 41 heavy (non-hydrogen) atoms. The number of hydrogen-bond acceptors (Lipinski definition) is 11. The fraction of sp³-hybridized carbons (Fsp3) is 0.667. The first-order chi connectivity index (χ1) is 19.6. The molecule has 0 aromatic carbocycles. The second kappa shape index (κ2) is 11.7. The van der Waals surface area contributed by atoms with Crippen molar-refractivity contribution in [3.05, 3.63) is 16.9 Å². The molecular formula is C24H34N10O6S. The fourth-order valence-corrected chi connectivity index (χ4v) is 7.71. The number of aromatic nitrogens is 4. The molecule has 1 unspecified atom stereocenters. The summed E-state index contributed by atoms with van der Waals surface area (Å²) >= 11 is 1.40. The standard InChI is InChI=1S/C24H34N10O6S/c1-11-19-18(12(2)28-17(36)9-33-10-27-30-31-33)23(38)34(19)20(24(39)40)21(11)41-14-5-15(26-7-14)22(37)32-4-3-13(8-32)29-16(35)6-25/h10-15,18-19,26H,3-9,25H2,1-2H3,(H,28,36)(H,29,35)(H,39,40)/t11-,12-,13?,14+,15+,18-,19-/m1/s1. The summed E-state index contributed by atoms with van der Waals surface area (Å²) in [4.78, 5) is 66.3. The van der Waals surface area contributed by atoms with Crippen LogP contribution in [0.25, 0.3) is 0 Å². The zero-order valence-corrected chi connectivity index (χ0v) is 23.5. The molecule has 6 N–H and O–H groups in total. The van der Waals surface area contributed by atoms with E-state index in [0.717, 1.165) is 0 Å². The summed E-state index contributed by atoms with van der Waals surface area (Å²) < 4.78 is 1.27. The van der Waals surface area contributed by atoms with Crippen molar-refractivity contribution in [1.29, 1.82) is 0 Å². The summed E-state index contributed by atoms with van der Waals surface area (Å²) in [5.74, 6) is -3.00. The molecule has 16 nitrogen and oxygen atoms in total. The molecule has 3 saturated heterocycles. The number of hydrogen-bond donors (Lipinski definition) is 5. The van der Waals surface area contributed by atoms with E-state index in [2.05, 4.69) is 31.5 Å². The Balaban J connectivity index is 1.19. The van der Waals surface area contributed by atoms with E-state index in [9.17, 15) is 29.1 Å². The van der Waals surface area contributed by atoms with Crippen molar-refractivity contribution < 1.29 is 29.1 Å². The highest BCUT2D eigenvalue weighted by Gasteiger charge is 2.60. The number of amides is 4. The van der Waals surface area contributed by atoms with Gasteiger partial charge in [-0.1, -0.05) is 6.92 Å². The molecule has 0 bridgehead atoms. The Morgan fingerprint density at radius 3 is 2.76 bits per heavy atom. The molecule has 4 aliphatic rings. The van der Waals surface area contributed by atoms with Crippen LogP contribution in [0.1, 0.15) is 26.7 Å². The monoisotopic (exact) mass is 590 g/mol. The van der Waals surface area contributed by atoms with Gasteiger partial charge in [-0.15, -0.1) is 16.9 Å². The zero-order valence-electron chi connectivity index (χ0n) is 22.7. The maximum Gasteiger partial charge on any atom is 0.353 e. The highest BCUT2D eigenvalue weighted by Crippen LogP contribution is 2.51. The zero-order chi connectivity index (χ0) is 29.4. The maximum absolute atomic E-state index is 13.2. The van der Waals surface area contributed by atoms with Crippen LogP contribution in [0.3, 0.4) is 0 Å². The molecule has 1 aromatic rings. The van der Waals surface area contributed by atoms with E-state index in [1.807, 2.05) is 6.92 Å². The van der Waals surface area contributed by atoms with Crippen LogP contribution in [0.15, 0.2) is 16.9 Å². The lowest BCUT2D eigenvalue weighted by Crippen LogP contribution is -2.66. The van der Waals surface area contributed by atoms with Gasteiger partial charge in [0.15, 0.2) is 0 Å². The average Bonchev–Trinajstić information content (AvgIpc) is 3.72. The summed E-state index contributed by atoms with van der Waals surface area (Å²) in [5, 5.41) is 29.5. The normalized spacial score (nSPS) is 29.8. The second-order valence-corrected chi connectivity index (χ2v) is 12.2. The van der Waals surface area contributed by atoms with Crippen LogP contribution >= 0.6 is 11.8 Å². The molecule has 222 valence electrons. The Hall–Kier alpha value is -3.57. The number of thioether (sulfide) groups is 1. The van der Waals surface area contributed by atoms with Gasteiger partial charge in [0.2, 0.25) is 23.6 Å². The Kier molecular flexibility index (Phi) is 8.28. The third kappa shape index (κ3) is 5.65. The minimum absolute atomic E-state index is 0.0197. The summed E-state index contributed by atoms with van der Waals surface area (Å²) in [5.41, 5.74) is 5.35. The molecule has 0 saturated carbocycles. The SMILES string of the molecule is C[C@@H](NC(=O)Cn1cnnn1)[C@H]1C(=O)N2C(C(=O)O)=C(S[C@@H]3CN[C@H](C(=O)N4CCC(NC(=O)CN)C4)C3)[C@H](C)[C@H]12. The number of carboxylic acids is 1. The van der Waals surface area contributed by atoms with E-state index in [-0.39, 0.29) is 59.6 Å². The molecule has 5 heterocycles. The van der Waals surface area contributed by atoms with Crippen LogP contribution in [0.5, 0.6) is 0 Å². The van der Waals surface area contributed by atoms with Crippen LogP contribution in [0.2, 0.25) is 0 Å². The number of nitrogens with two attached hydrogens (primary N) is 1. The third-order valence-electron chi connectivity index (χ3n) is 8.15. The molecule has 1 aromatic heterocycles. The number of carboxylic acid groups (broad SMARTS) is 1. The Morgan fingerprint density at radius 2 is 2.07 bits per heavy atom.